The number of hydrogen-bond donors (Lipinski definition) is 0. The van der Waals surface area contributed by atoms with Gasteiger partial charge in [0.15, 0.2) is 0 Å². The average Bonchev–Trinajstić information content (AvgIpc) is 2.57. The molecule has 6 heteroatoms. The van der Waals surface area contributed by atoms with Crippen LogP contribution in [0, 0.1) is 0 Å². The average molecular weight is 265 g/mol. The van der Waals surface area contributed by atoms with E-state index in [-0.39, 0.29) is 26.1 Å². The molecule has 0 bridgehead atoms. The zero-order chi connectivity index (χ0) is 13.4. The highest BCUT2D eigenvalue weighted by atomic mass is 19.4. The Labute approximate surface area is 101 Å². The lowest BCUT2D eigenvalue weighted by molar-refractivity contribution is -0.137. The first-order valence-electron chi connectivity index (χ1n) is 5.53. The topological polar surface area (TPSA) is 3.24 Å². The summed E-state index contributed by atoms with van der Waals surface area (Å²) in [7, 11) is 0. The molecule has 0 atom stereocenters. The molecule has 1 fully saturated rings. The number of likely N-dealkylation sites (tertiary alicyclic amines) is 1. The number of halogens is 5. The Balaban J connectivity index is 2.07. The summed E-state index contributed by atoms with van der Waals surface area (Å²) >= 11 is 0. The molecule has 1 saturated heterocycles. The van der Waals surface area contributed by atoms with Crippen LogP contribution in [0.25, 0.3) is 0 Å². The highest BCUT2D eigenvalue weighted by Crippen LogP contribution is 2.31. The zero-order valence-corrected chi connectivity index (χ0v) is 9.47. The Morgan fingerprint density at radius 1 is 1.22 bits per heavy atom. The second-order valence-electron chi connectivity index (χ2n) is 4.51. The molecule has 18 heavy (non-hydrogen) atoms. The second-order valence-corrected chi connectivity index (χ2v) is 4.51. The molecule has 0 radical (unpaired) electrons. The molecule has 1 heterocycles. The van der Waals surface area contributed by atoms with Crippen molar-refractivity contribution < 1.29 is 22.0 Å². The first-order valence-corrected chi connectivity index (χ1v) is 5.53. The third kappa shape index (κ3) is 3.19. The summed E-state index contributed by atoms with van der Waals surface area (Å²) in [6.45, 7) is -0.0496. The van der Waals surface area contributed by atoms with Crippen molar-refractivity contribution in [1.29, 1.82) is 0 Å². The predicted octanol–water partition coefficient (Wildman–Crippen LogP) is 3.55. The zero-order valence-electron chi connectivity index (χ0n) is 9.47. The van der Waals surface area contributed by atoms with Gasteiger partial charge in [0.05, 0.1) is 12.1 Å². The third-order valence-electron chi connectivity index (χ3n) is 2.91. The van der Waals surface area contributed by atoms with Crippen molar-refractivity contribution >= 4 is 0 Å². The molecule has 0 saturated carbocycles. The normalized spacial score (nSPS) is 20.3. The predicted molar refractivity (Wildman–Crippen MR) is 56.3 cm³/mol. The number of alkyl halides is 5. The lowest BCUT2D eigenvalue weighted by Gasteiger charge is -2.16. The van der Waals surface area contributed by atoms with Gasteiger partial charge in [-0.05, 0) is 11.6 Å². The van der Waals surface area contributed by atoms with Crippen molar-refractivity contribution in [2.75, 3.05) is 13.1 Å². The fourth-order valence-corrected chi connectivity index (χ4v) is 2.05. The first-order chi connectivity index (χ1) is 8.26. The molecule has 1 aliphatic rings. The SMILES string of the molecule is FC1(F)CCN(Cc2cccc(C(F)(F)F)c2)C1. The Kier molecular flexibility index (Phi) is 3.31. The third-order valence-corrected chi connectivity index (χ3v) is 2.91. The van der Waals surface area contributed by atoms with Crippen LogP contribution in [0.1, 0.15) is 17.5 Å². The van der Waals surface area contributed by atoms with E-state index in [0.717, 1.165) is 12.1 Å². The minimum atomic E-state index is -4.40. The van der Waals surface area contributed by atoms with Crippen molar-refractivity contribution in [3.05, 3.63) is 35.4 Å². The number of benzene rings is 1. The largest absolute Gasteiger partial charge is 0.416 e. The highest BCUT2D eigenvalue weighted by Gasteiger charge is 2.38. The van der Waals surface area contributed by atoms with Gasteiger partial charge in [-0.25, -0.2) is 8.78 Å². The van der Waals surface area contributed by atoms with Gasteiger partial charge in [-0.1, -0.05) is 18.2 Å². The monoisotopic (exact) mass is 265 g/mol. The van der Waals surface area contributed by atoms with Gasteiger partial charge in [-0.2, -0.15) is 13.2 Å². The van der Waals surface area contributed by atoms with Crippen LogP contribution < -0.4 is 0 Å². The van der Waals surface area contributed by atoms with E-state index in [1.165, 1.54) is 17.0 Å². The molecular weight excluding hydrogens is 253 g/mol. The van der Waals surface area contributed by atoms with Crippen molar-refractivity contribution in [3.8, 4) is 0 Å². The van der Waals surface area contributed by atoms with E-state index < -0.39 is 17.7 Å². The van der Waals surface area contributed by atoms with E-state index in [4.69, 9.17) is 0 Å². The van der Waals surface area contributed by atoms with Crippen molar-refractivity contribution in [3.63, 3.8) is 0 Å². The van der Waals surface area contributed by atoms with Crippen LogP contribution in [-0.2, 0) is 12.7 Å². The molecule has 0 aromatic heterocycles. The summed E-state index contributed by atoms with van der Waals surface area (Å²) < 4.78 is 63.3. The van der Waals surface area contributed by atoms with E-state index in [2.05, 4.69) is 0 Å². The second kappa shape index (κ2) is 4.50. The highest BCUT2D eigenvalue weighted by molar-refractivity contribution is 5.25. The Hall–Kier alpha value is -1.17. The van der Waals surface area contributed by atoms with Gasteiger partial charge in [0, 0.05) is 19.5 Å². The van der Waals surface area contributed by atoms with E-state index >= 15 is 0 Å². The van der Waals surface area contributed by atoms with Crippen LogP contribution in [0.3, 0.4) is 0 Å². The van der Waals surface area contributed by atoms with Gasteiger partial charge < -0.3 is 0 Å². The Morgan fingerprint density at radius 3 is 2.50 bits per heavy atom. The summed E-state index contributed by atoms with van der Waals surface area (Å²) in [5.41, 5.74) is -0.339. The van der Waals surface area contributed by atoms with Gasteiger partial charge in [-0.3, -0.25) is 4.90 Å². The summed E-state index contributed by atoms with van der Waals surface area (Å²) in [4.78, 5) is 1.47. The van der Waals surface area contributed by atoms with Crippen LogP contribution >= 0.6 is 0 Å². The maximum Gasteiger partial charge on any atom is 0.416 e. The maximum absolute atomic E-state index is 12.9. The Bertz CT molecular complexity index is 427. The lowest BCUT2D eigenvalue weighted by Crippen LogP contribution is -2.25. The van der Waals surface area contributed by atoms with Crippen LogP contribution in [-0.4, -0.2) is 23.9 Å². The smallest absolute Gasteiger partial charge is 0.293 e. The van der Waals surface area contributed by atoms with E-state index in [0.29, 0.717) is 5.56 Å². The molecular formula is C12H12F5N. The fraction of sp³-hybridized carbons (Fsp3) is 0.500. The lowest BCUT2D eigenvalue weighted by atomic mass is 10.1. The molecule has 100 valence electrons. The van der Waals surface area contributed by atoms with Crippen LogP contribution in [0.2, 0.25) is 0 Å². The molecule has 0 unspecified atom stereocenters. The fourth-order valence-electron chi connectivity index (χ4n) is 2.05. The summed E-state index contributed by atoms with van der Waals surface area (Å²) in [5, 5.41) is 0. The maximum atomic E-state index is 12.9. The summed E-state index contributed by atoms with van der Waals surface area (Å²) in [6.07, 6.45) is -4.63. The van der Waals surface area contributed by atoms with E-state index in [9.17, 15) is 22.0 Å². The van der Waals surface area contributed by atoms with E-state index in [1.54, 1.807) is 0 Å². The van der Waals surface area contributed by atoms with Gasteiger partial charge in [0.25, 0.3) is 5.92 Å². The molecule has 0 spiro atoms. The van der Waals surface area contributed by atoms with Crippen LogP contribution in [0.15, 0.2) is 24.3 Å². The number of hydrogen-bond acceptors (Lipinski definition) is 1. The number of nitrogens with zero attached hydrogens (tertiary/aromatic N) is 1. The van der Waals surface area contributed by atoms with Gasteiger partial charge in [-0.15, -0.1) is 0 Å². The minimum Gasteiger partial charge on any atom is -0.293 e. The Morgan fingerprint density at radius 2 is 1.94 bits per heavy atom. The minimum absolute atomic E-state index is 0.125. The summed E-state index contributed by atoms with van der Waals surface area (Å²) in [5.74, 6) is -2.72. The molecule has 2 rings (SSSR count). The first kappa shape index (κ1) is 13.3. The summed E-state index contributed by atoms with van der Waals surface area (Å²) in [6, 6.07) is 4.80. The molecule has 0 N–H and O–H groups in total. The molecule has 0 amide bonds. The van der Waals surface area contributed by atoms with Crippen molar-refractivity contribution in [1.82, 2.24) is 4.90 Å². The molecule has 1 aromatic carbocycles. The van der Waals surface area contributed by atoms with Crippen molar-refractivity contribution in [2.45, 2.75) is 25.1 Å². The quantitative estimate of drug-likeness (QED) is 0.739. The van der Waals surface area contributed by atoms with Gasteiger partial charge >= 0.3 is 6.18 Å². The molecule has 1 nitrogen and oxygen atoms in total. The van der Waals surface area contributed by atoms with Gasteiger partial charge in [0.2, 0.25) is 0 Å². The van der Waals surface area contributed by atoms with Crippen LogP contribution in [0.5, 0.6) is 0 Å². The van der Waals surface area contributed by atoms with Gasteiger partial charge in [0.1, 0.15) is 0 Å². The van der Waals surface area contributed by atoms with E-state index in [1.807, 2.05) is 0 Å². The standard InChI is InChI=1S/C12H12F5N/c13-11(14)4-5-18(8-11)7-9-2-1-3-10(6-9)12(15,16)17/h1-3,6H,4-5,7-8H2. The molecule has 0 aliphatic carbocycles. The molecule has 1 aromatic rings. The van der Waals surface area contributed by atoms with Crippen molar-refractivity contribution in [2.24, 2.45) is 0 Å². The van der Waals surface area contributed by atoms with Crippen LogP contribution in [0.4, 0.5) is 22.0 Å². The number of rotatable bonds is 2. The molecule has 1 aliphatic heterocycles.